The number of hydrogen-bond donors (Lipinski definition) is 1. The Kier molecular flexibility index (Phi) is 5.01. The molecule has 9 heteroatoms. The summed E-state index contributed by atoms with van der Waals surface area (Å²) in [4.78, 5) is 4.46. The van der Waals surface area contributed by atoms with Gasteiger partial charge in [-0.15, -0.1) is 9.19 Å². The maximum Gasteiger partial charge on any atom is 0.286 e. The summed E-state index contributed by atoms with van der Waals surface area (Å²) in [6, 6.07) is 19.1. The number of furan rings is 1. The predicted molar refractivity (Wildman–Crippen MR) is 108 cm³/mol. The maximum atomic E-state index is 13.1. The average molecular weight is 459 g/mol. The second-order valence-corrected chi connectivity index (χ2v) is 8.56. The lowest BCUT2D eigenvalue weighted by molar-refractivity contribution is 0.573. The van der Waals surface area contributed by atoms with Gasteiger partial charge in [-0.3, -0.25) is 0 Å². The van der Waals surface area contributed by atoms with Crippen LogP contribution in [0, 0.1) is 0 Å². The van der Waals surface area contributed by atoms with Gasteiger partial charge < -0.3 is 9.73 Å². The number of hydrogen-bond acceptors (Lipinski definition) is 6. The fourth-order valence-corrected chi connectivity index (χ4v) is 4.04. The van der Waals surface area contributed by atoms with E-state index in [2.05, 4.69) is 31.3 Å². The Balaban J connectivity index is 1.72. The number of benzene rings is 2. The molecule has 28 heavy (non-hydrogen) atoms. The van der Waals surface area contributed by atoms with E-state index in [0.29, 0.717) is 12.3 Å². The zero-order valence-corrected chi connectivity index (χ0v) is 16.9. The third-order valence-corrected chi connectivity index (χ3v) is 6.06. The van der Waals surface area contributed by atoms with Gasteiger partial charge in [-0.25, -0.2) is 0 Å². The van der Waals surface area contributed by atoms with E-state index < -0.39 is 10.0 Å². The van der Waals surface area contributed by atoms with Crippen molar-refractivity contribution in [3.8, 4) is 11.6 Å². The Morgan fingerprint density at radius 1 is 1.00 bits per heavy atom. The molecule has 2 heterocycles. The van der Waals surface area contributed by atoms with E-state index in [4.69, 9.17) is 4.42 Å². The highest BCUT2D eigenvalue weighted by molar-refractivity contribution is 9.10. The Bertz CT molecular complexity index is 1170. The van der Waals surface area contributed by atoms with Gasteiger partial charge in [0.2, 0.25) is 11.8 Å². The van der Waals surface area contributed by atoms with Crippen molar-refractivity contribution in [1.29, 1.82) is 0 Å². The largest absolute Gasteiger partial charge is 0.461 e. The number of anilines is 1. The Morgan fingerprint density at radius 3 is 2.43 bits per heavy atom. The Hall–Kier alpha value is -2.91. The monoisotopic (exact) mass is 458 g/mol. The lowest BCUT2D eigenvalue weighted by atomic mass is 10.2. The zero-order valence-electron chi connectivity index (χ0n) is 14.5. The summed E-state index contributed by atoms with van der Waals surface area (Å²) in [5.41, 5.74) is 0.967. The summed E-state index contributed by atoms with van der Waals surface area (Å²) in [5, 5.41) is 7.24. The van der Waals surface area contributed by atoms with Crippen LogP contribution >= 0.6 is 15.9 Å². The van der Waals surface area contributed by atoms with Crippen LogP contribution in [0.15, 0.2) is 86.8 Å². The second-order valence-electron chi connectivity index (χ2n) is 5.88. The van der Waals surface area contributed by atoms with Gasteiger partial charge in [0, 0.05) is 11.0 Å². The van der Waals surface area contributed by atoms with E-state index in [9.17, 15) is 8.42 Å². The molecule has 7 nitrogen and oxygen atoms in total. The molecule has 0 unspecified atom stereocenters. The highest BCUT2D eigenvalue weighted by Gasteiger charge is 2.25. The minimum Gasteiger partial charge on any atom is -0.461 e. The summed E-state index contributed by atoms with van der Waals surface area (Å²) in [5.74, 6) is 0.676. The molecule has 0 radical (unpaired) electrons. The van der Waals surface area contributed by atoms with Gasteiger partial charge in [-0.1, -0.05) is 46.3 Å². The van der Waals surface area contributed by atoms with Crippen LogP contribution in [-0.4, -0.2) is 22.6 Å². The molecule has 0 saturated heterocycles. The highest BCUT2D eigenvalue weighted by Crippen LogP contribution is 2.23. The quantitative estimate of drug-likeness (QED) is 0.466. The van der Waals surface area contributed by atoms with Crippen molar-refractivity contribution in [3.63, 3.8) is 0 Å². The summed E-state index contributed by atoms with van der Waals surface area (Å²) >= 11 is 3.39. The molecule has 0 atom stereocenters. The summed E-state index contributed by atoms with van der Waals surface area (Å²) in [6.07, 6.45) is 1.48. The number of aromatic nitrogens is 3. The first-order chi connectivity index (χ1) is 13.5. The average Bonchev–Trinajstić information content (AvgIpc) is 3.38. The summed E-state index contributed by atoms with van der Waals surface area (Å²) < 4.78 is 33.3. The number of rotatable bonds is 6. The normalized spacial score (nSPS) is 11.5. The smallest absolute Gasteiger partial charge is 0.286 e. The van der Waals surface area contributed by atoms with Crippen molar-refractivity contribution in [2.75, 3.05) is 5.32 Å². The first-order valence-corrected chi connectivity index (χ1v) is 10.6. The Morgan fingerprint density at radius 2 is 1.75 bits per heavy atom. The number of halogens is 1. The molecule has 0 aliphatic heterocycles. The van der Waals surface area contributed by atoms with Crippen LogP contribution in [0.5, 0.6) is 0 Å². The van der Waals surface area contributed by atoms with Crippen LogP contribution in [0.25, 0.3) is 11.6 Å². The first-order valence-electron chi connectivity index (χ1n) is 8.34. The van der Waals surface area contributed by atoms with Crippen molar-refractivity contribution in [2.45, 2.75) is 11.4 Å². The zero-order chi connectivity index (χ0) is 19.6. The third kappa shape index (κ3) is 3.71. The number of nitrogens with zero attached hydrogens (tertiary/aromatic N) is 3. The van der Waals surface area contributed by atoms with Crippen LogP contribution in [0.3, 0.4) is 0 Å². The van der Waals surface area contributed by atoms with E-state index in [0.717, 1.165) is 14.1 Å². The van der Waals surface area contributed by atoms with Crippen LogP contribution in [0.4, 0.5) is 5.95 Å². The molecule has 0 spiro atoms. The molecule has 0 amide bonds. The molecule has 0 bridgehead atoms. The van der Waals surface area contributed by atoms with Crippen LogP contribution < -0.4 is 5.32 Å². The van der Waals surface area contributed by atoms with Gasteiger partial charge in [0.15, 0.2) is 5.76 Å². The third-order valence-electron chi connectivity index (χ3n) is 3.95. The molecule has 1 N–H and O–H groups in total. The molecule has 0 aliphatic carbocycles. The van der Waals surface area contributed by atoms with Gasteiger partial charge in [-0.05, 0) is 42.0 Å². The van der Waals surface area contributed by atoms with Crippen molar-refractivity contribution in [2.24, 2.45) is 0 Å². The second kappa shape index (κ2) is 7.61. The molecule has 0 fully saturated rings. The molecule has 0 aliphatic rings. The fourth-order valence-electron chi connectivity index (χ4n) is 2.56. The van der Waals surface area contributed by atoms with E-state index in [-0.39, 0.29) is 16.7 Å². The highest BCUT2D eigenvalue weighted by atomic mass is 79.9. The van der Waals surface area contributed by atoms with Crippen LogP contribution in [-0.2, 0) is 16.6 Å². The summed E-state index contributed by atoms with van der Waals surface area (Å²) in [6.45, 7) is 0.383. The topological polar surface area (TPSA) is 90.0 Å². The van der Waals surface area contributed by atoms with Gasteiger partial charge in [0.25, 0.3) is 10.0 Å². The standard InChI is InChI=1S/C19H15BrN4O3S/c20-15-10-8-14(9-11-15)13-21-19-22-18(17-7-4-12-27-17)23-24(19)28(25,26)16-5-2-1-3-6-16/h1-12H,13H2,(H,21,22,23). The van der Waals surface area contributed by atoms with E-state index in [1.54, 1.807) is 30.3 Å². The fraction of sp³-hybridized carbons (Fsp3) is 0.0526. The molecule has 4 rings (SSSR count). The SMILES string of the molecule is O=S(=O)(c1ccccc1)n1nc(-c2ccco2)nc1NCc1ccc(Br)cc1. The lowest BCUT2D eigenvalue weighted by Crippen LogP contribution is -2.18. The van der Waals surface area contributed by atoms with E-state index in [1.165, 1.54) is 18.4 Å². The molecule has 142 valence electrons. The van der Waals surface area contributed by atoms with Gasteiger partial charge in [-0.2, -0.15) is 13.4 Å². The van der Waals surface area contributed by atoms with Gasteiger partial charge in [0.1, 0.15) is 0 Å². The minimum atomic E-state index is -3.92. The Labute approximate surface area is 170 Å². The summed E-state index contributed by atoms with van der Waals surface area (Å²) in [7, 11) is -3.92. The molecule has 4 aromatic rings. The first kappa shape index (κ1) is 18.5. The van der Waals surface area contributed by atoms with Crippen LogP contribution in [0.1, 0.15) is 5.56 Å². The molecular weight excluding hydrogens is 444 g/mol. The maximum absolute atomic E-state index is 13.1. The van der Waals surface area contributed by atoms with Crippen molar-refractivity contribution in [1.82, 2.24) is 14.2 Å². The van der Waals surface area contributed by atoms with E-state index >= 15 is 0 Å². The predicted octanol–water partition coefficient (Wildman–Crippen LogP) is 4.15. The van der Waals surface area contributed by atoms with Gasteiger partial charge in [0.05, 0.1) is 11.2 Å². The molecule has 0 saturated carbocycles. The van der Waals surface area contributed by atoms with Crippen molar-refractivity contribution >= 4 is 31.9 Å². The van der Waals surface area contributed by atoms with Gasteiger partial charge >= 0.3 is 0 Å². The number of nitrogens with one attached hydrogen (secondary N) is 1. The molecular formula is C19H15BrN4O3S. The molecule has 2 aromatic carbocycles. The van der Waals surface area contributed by atoms with Crippen molar-refractivity contribution < 1.29 is 12.8 Å². The molecule has 2 aromatic heterocycles. The van der Waals surface area contributed by atoms with Crippen LogP contribution in [0.2, 0.25) is 0 Å². The minimum absolute atomic E-state index is 0.109. The van der Waals surface area contributed by atoms with E-state index in [1.807, 2.05) is 24.3 Å². The van der Waals surface area contributed by atoms with Crippen molar-refractivity contribution in [3.05, 3.63) is 83.0 Å². The lowest BCUT2D eigenvalue weighted by Gasteiger charge is -2.09.